The number of ether oxygens (including phenoxy) is 1. The Balaban J connectivity index is 2.47. The third-order valence-corrected chi connectivity index (χ3v) is 5.27. The van der Waals surface area contributed by atoms with Crippen LogP contribution in [0.4, 0.5) is 5.00 Å². The van der Waals surface area contributed by atoms with E-state index in [2.05, 4.69) is 10.4 Å². The molecule has 0 saturated carbocycles. The molecule has 8 nitrogen and oxygen atoms in total. The van der Waals surface area contributed by atoms with Gasteiger partial charge in [-0.1, -0.05) is 0 Å². The number of nitrogens with one attached hydrogen (secondary N) is 1. The van der Waals surface area contributed by atoms with E-state index in [1.165, 1.54) is 0 Å². The van der Waals surface area contributed by atoms with E-state index in [1.54, 1.807) is 39.3 Å². The van der Waals surface area contributed by atoms with Gasteiger partial charge < -0.3 is 15.8 Å². The zero-order chi connectivity index (χ0) is 20.5. The number of hydrogen-bond donors (Lipinski definition) is 2. The lowest BCUT2D eigenvalue weighted by molar-refractivity contribution is 0.0379. The number of aromatic nitrogens is 2. The highest BCUT2D eigenvalue weighted by molar-refractivity contribution is 7.18. The topological polar surface area (TPSA) is 116 Å². The second-order valence-electron chi connectivity index (χ2n) is 6.39. The molecule has 0 bridgehead atoms. The molecule has 0 aliphatic rings. The molecule has 3 N–H and O–H groups in total. The van der Waals surface area contributed by atoms with Gasteiger partial charge in [0.25, 0.3) is 11.8 Å². The number of amides is 2. The molecule has 2 aromatic rings. The summed E-state index contributed by atoms with van der Waals surface area (Å²) in [5.74, 6) is -1.68. The van der Waals surface area contributed by atoms with Gasteiger partial charge in [-0.3, -0.25) is 14.3 Å². The van der Waals surface area contributed by atoms with Crippen molar-refractivity contribution in [2.45, 2.75) is 54.2 Å². The van der Waals surface area contributed by atoms with Crippen LogP contribution in [-0.4, -0.2) is 33.7 Å². The summed E-state index contributed by atoms with van der Waals surface area (Å²) in [4.78, 5) is 37.2. The van der Waals surface area contributed by atoms with Crippen molar-refractivity contribution in [2.24, 2.45) is 5.73 Å². The number of thiophene rings is 1. The Kier molecular flexibility index (Phi) is 6.04. The predicted octanol–water partition coefficient (Wildman–Crippen LogP) is 2.81. The summed E-state index contributed by atoms with van der Waals surface area (Å²) in [5, 5.41) is 7.30. The Bertz CT molecular complexity index is 911. The summed E-state index contributed by atoms with van der Waals surface area (Å²) >= 11 is 0.962. The largest absolute Gasteiger partial charge is 0.459 e. The van der Waals surface area contributed by atoms with Gasteiger partial charge in [0.1, 0.15) is 5.00 Å². The maximum absolute atomic E-state index is 12.8. The molecule has 2 rings (SSSR count). The second kappa shape index (κ2) is 7.91. The molecule has 2 aromatic heterocycles. The molecule has 0 fully saturated rings. The van der Waals surface area contributed by atoms with Crippen molar-refractivity contribution in [1.29, 1.82) is 0 Å². The van der Waals surface area contributed by atoms with Crippen molar-refractivity contribution in [2.75, 3.05) is 5.32 Å². The summed E-state index contributed by atoms with van der Waals surface area (Å²) in [7, 11) is 0. The van der Waals surface area contributed by atoms with E-state index < -0.39 is 17.8 Å². The SMILES string of the molecule is CCn1nc(C)c(C(=O)Nc2sc(C(N)=O)c(C)c2C(=O)OC(C)C)c1C. The van der Waals surface area contributed by atoms with Gasteiger partial charge in [-0.15, -0.1) is 11.3 Å². The first kappa shape index (κ1) is 20.6. The van der Waals surface area contributed by atoms with Crippen LogP contribution in [0.3, 0.4) is 0 Å². The zero-order valence-electron chi connectivity index (χ0n) is 16.3. The average Bonchev–Trinajstić information content (AvgIpc) is 3.02. The fraction of sp³-hybridized carbons (Fsp3) is 0.444. The van der Waals surface area contributed by atoms with E-state index in [9.17, 15) is 14.4 Å². The van der Waals surface area contributed by atoms with Crippen molar-refractivity contribution in [3.63, 3.8) is 0 Å². The second-order valence-corrected chi connectivity index (χ2v) is 7.41. The van der Waals surface area contributed by atoms with Gasteiger partial charge in [-0.05, 0) is 47.1 Å². The fourth-order valence-electron chi connectivity index (χ4n) is 2.85. The quantitative estimate of drug-likeness (QED) is 0.733. The van der Waals surface area contributed by atoms with Gasteiger partial charge in [0.2, 0.25) is 0 Å². The highest BCUT2D eigenvalue weighted by atomic mass is 32.1. The smallest absolute Gasteiger partial charge is 0.341 e. The Hall–Kier alpha value is -2.68. The molecule has 2 heterocycles. The van der Waals surface area contributed by atoms with Crippen LogP contribution in [-0.2, 0) is 11.3 Å². The van der Waals surface area contributed by atoms with Crippen LogP contribution in [0.1, 0.15) is 68.1 Å². The van der Waals surface area contributed by atoms with Crippen LogP contribution < -0.4 is 11.1 Å². The van der Waals surface area contributed by atoms with Gasteiger partial charge >= 0.3 is 5.97 Å². The van der Waals surface area contributed by atoms with Crippen molar-refractivity contribution in [1.82, 2.24) is 9.78 Å². The van der Waals surface area contributed by atoms with Crippen LogP contribution in [0.5, 0.6) is 0 Å². The van der Waals surface area contributed by atoms with Gasteiger partial charge in [0.05, 0.1) is 27.8 Å². The molecule has 0 spiro atoms. The summed E-state index contributed by atoms with van der Waals surface area (Å²) < 4.78 is 6.98. The van der Waals surface area contributed by atoms with E-state index in [1.807, 2.05) is 6.92 Å². The standard InChI is InChI=1S/C18H24N4O4S/c1-7-22-11(6)13(10(5)21-22)16(24)20-17-12(18(25)26-8(2)3)9(4)14(27-17)15(19)23/h8H,7H2,1-6H3,(H2,19,23)(H,20,24). The normalized spacial score (nSPS) is 10.9. The monoisotopic (exact) mass is 392 g/mol. The molecule has 2 amide bonds. The minimum absolute atomic E-state index is 0.147. The number of hydrogen-bond acceptors (Lipinski definition) is 6. The highest BCUT2D eigenvalue weighted by Crippen LogP contribution is 2.34. The summed E-state index contributed by atoms with van der Waals surface area (Å²) in [5.41, 5.74) is 7.69. The molecule has 0 aliphatic heterocycles. The minimum atomic E-state index is -0.664. The molecule has 0 radical (unpaired) electrons. The van der Waals surface area contributed by atoms with Gasteiger partial charge in [-0.25, -0.2) is 4.79 Å². The number of nitrogens with zero attached hydrogens (tertiary/aromatic N) is 2. The van der Waals surface area contributed by atoms with E-state index in [0.717, 1.165) is 17.0 Å². The molecule has 0 atom stereocenters. The number of aryl methyl sites for hydroxylation is 2. The highest BCUT2D eigenvalue weighted by Gasteiger charge is 2.28. The maximum atomic E-state index is 12.8. The predicted molar refractivity (Wildman–Crippen MR) is 103 cm³/mol. The Morgan fingerprint density at radius 2 is 1.85 bits per heavy atom. The van der Waals surface area contributed by atoms with E-state index in [0.29, 0.717) is 23.4 Å². The van der Waals surface area contributed by atoms with Crippen LogP contribution >= 0.6 is 11.3 Å². The number of anilines is 1. The average molecular weight is 392 g/mol. The van der Waals surface area contributed by atoms with Crippen LogP contribution in [0.15, 0.2) is 0 Å². The molecule has 27 heavy (non-hydrogen) atoms. The van der Waals surface area contributed by atoms with E-state index in [4.69, 9.17) is 10.5 Å². The molecule has 146 valence electrons. The summed E-state index contributed by atoms with van der Waals surface area (Å²) in [6.45, 7) is 11.2. The first-order valence-electron chi connectivity index (χ1n) is 8.57. The van der Waals surface area contributed by atoms with Crippen molar-refractivity contribution >= 4 is 34.1 Å². The van der Waals surface area contributed by atoms with Crippen LogP contribution in [0.2, 0.25) is 0 Å². The molecule has 0 saturated heterocycles. The number of esters is 1. The van der Waals surface area contributed by atoms with Crippen LogP contribution in [0.25, 0.3) is 0 Å². The van der Waals surface area contributed by atoms with Crippen molar-refractivity contribution < 1.29 is 19.1 Å². The number of nitrogens with two attached hydrogens (primary N) is 1. The molecular formula is C18H24N4O4S. The molecule has 0 aromatic carbocycles. The number of carbonyl (C=O) groups excluding carboxylic acids is 3. The van der Waals surface area contributed by atoms with E-state index >= 15 is 0 Å². The van der Waals surface area contributed by atoms with Crippen molar-refractivity contribution in [3.8, 4) is 0 Å². The number of carbonyl (C=O) groups is 3. The molecule has 0 aliphatic carbocycles. The third kappa shape index (κ3) is 4.02. The zero-order valence-corrected chi connectivity index (χ0v) is 17.1. The maximum Gasteiger partial charge on any atom is 0.341 e. The Labute approximate surface area is 161 Å². The van der Waals surface area contributed by atoms with Gasteiger partial charge in [0, 0.05) is 12.2 Å². The Morgan fingerprint density at radius 3 is 2.33 bits per heavy atom. The first-order chi connectivity index (χ1) is 12.6. The Morgan fingerprint density at radius 1 is 1.22 bits per heavy atom. The lowest BCUT2D eigenvalue weighted by Gasteiger charge is -2.10. The first-order valence-corrected chi connectivity index (χ1v) is 9.39. The lowest BCUT2D eigenvalue weighted by atomic mass is 10.1. The van der Waals surface area contributed by atoms with Gasteiger partial charge in [-0.2, -0.15) is 5.10 Å². The minimum Gasteiger partial charge on any atom is -0.459 e. The molecule has 9 heteroatoms. The fourth-order valence-corrected chi connectivity index (χ4v) is 3.90. The van der Waals surface area contributed by atoms with Gasteiger partial charge in [0.15, 0.2) is 0 Å². The molecule has 0 unspecified atom stereocenters. The number of primary amides is 1. The lowest BCUT2D eigenvalue weighted by Crippen LogP contribution is -2.18. The summed E-state index contributed by atoms with van der Waals surface area (Å²) in [6.07, 6.45) is -0.343. The van der Waals surface area contributed by atoms with Crippen molar-refractivity contribution in [3.05, 3.63) is 33.0 Å². The number of rotatable bonds is 6. The van der Waals surface area contributed by atoms with Crippen LogP contribution in [0, 0.1) is 20.8 Å². The third-order valence-electron chi connectivity index (χ3n) is 4.05. The summed E-state index contributed by atoms with van der Waals surface area (Å²) in [6, 6.07) is 0. The van der Waals surface area contributed by atoms with E-state index in [-0.39, 0.29) is 21.5 Å². The molecular weight excluding hydrogens is 368 g/mol.